The molecule has 0 amide bonds. The number of carbonyl (C=O) groups excluding carboxylic acids is 2. The quantitative estimate of drug-likeness (QED) is 0.442. The van der Waals surface area contributed by atoms with Crippen molar-refractivity contribution in [3.05, 3.63) is 24.3 Å². The van der Waals surface area contributed by atoms with Crippen LogP contribution in [0.4, 0.5) is 0 Å². The molecule has 2 fully saturated rings. The van der Waals surface area contributed by atoms with Crippen molar-refractivity contribution in [3.63, 3.8) is 0 Å². The largest absolute Gasteiger partial charge is 0.349 e. The predicted molar refractivity (Wildman–Crippen MR) is 88.9 cm³/mol. The van der Waals surface area contributed by atoms with E-state index in [0.29, 0.717) is 13.2 Å². The number of hydrogen-bond donors (Lipinski definition) is 0. The van der Waals surface area contributed by atoms with E-state index in [1.165, 1.54) is 0 Å². The van der Waals surface area contributed by atoms with Crippen LogP contribution in [-0.4, -0.2) is 31.1 Å². The third-order valence-electron chi connectivity index (χ3n) is 5.69. The molecule has 1 aliphatic carbocycles. The summed E-state index contributed by atoms with van der Waals surface area (Å²) in [5.74, 6) is -0.0374. The molecule has 1 aliphatic heterocycles. The molecule has 2 aliphatic rings. The monoisotopic (exact) mass is 320 g/mol. The Morgan fingerprint density at radius 1 is 1.43 bits per heavy atom. The fourth-order valence-corrected chi connectivity index (χ4v) is 3.53. The Hall–Kier alpha value is -1.26. The van der Waals surface area contributed by atoms with Crippen LogP contribution in [0, 0.1) is 16.7 Å². The van der Waals surface area contributed by atoms with E-state index in [1.807, 2.05) is 26.8 Å². The zero-order chi connectivity index (χ0) is 17.3. The Kier molecular flexibility index (Phi) is 5.27. The zero-order valence-corrected chi connectivity index (χ0v) is 14.7. The van der Waals surface area contributed by atoms with Crippen LogP contribution >= 0.6 is 0 Å². The SMILES string of the molecule is C=CC(C)(CC(=O)[C@@]1(C)C(=O)/C(=C/C)CC[C@H]1C)C1OCCO1. The van der Waals surface area contributed by atoms with Crippen molar-refractivity contribution in [2.45, 2.75) is 53.2 Å². The molecule has 0 aromatic heterocycles. The van der Waals surface area contributed by atoms with Gasteiger partial charge in [0.15, 0.2) is 12.1 Å². The lowest BCUT2D eigenvalue weighted by atomic mass is 9.61. The van der Waals surface area contributed by atoms with Crippen LogP contribution < -0.4 is 0 Å². The van der Waals surface area contributed by atoms with Gasteiger partial charge in [0.25, 0.3) is 0 Å². The molecular formula is C19H28O4. The highest BCUT2D eigenvalue weighted by atomic mass is 16.7. The Bertz CT molecular complexity index is 529. The lowest BCUT2D eigenvalue weighted by molar-refractivity contribution is -0.150. The van der Waals surface area contributed by atoms with E-state index in [9.17, 15) is 9.59 Å². The molecule has 4 nitrogen and oxygen atoms in total. The van der Waals surface area contributed by atoms with Crippen LogP contribution in [0.5, 0.6) is 0 Å². The summed E-state index contributed by atoms with van der Waals surface area (Å²) in [7, 11) is 0. The van der Waals surface area contributed by atoms with Gasteiger partial charge in [-0.05, 0) is 38.2 Å². The topological polar surface area (TPSA) is 52.6 Å². The van der Waals surface area contributed by atoms with Crippen molar-refractivity contribution in [3.8, 4) is 0 Å². The van der Waals surface area contributed by atoms with E-state index >= 15 is 0 Å². The normalized spacial score (nSPS) is 33.7. The standard InChI is InChI=1S/C19H28O4/c1-6-14-9-8-13(3)19(5,16(14)21)15(20)12-18(4,7-2)17-22-10-11-23-17/h6-7,13,17H,2,8-12H2,1,3-5H3/b14-6+/t13-,18?,19+/m1/s1. The first kappa shape index (κ1) is 18.1. The van der Waals surface area contributed by atoms with E-state index < -0.39 is 17.1 Å². The highest BCUT2D eigenvalue weighted by Crippen LogP contribution is 2.45. The van der Waals surface area contributed by atoms with Gasteiger partial charge in [-0.1, -0.05) is 26.0 Å². The summed E-state index contributed by atoms with van der Waals surface area (Å²) >= 11 is 0. The van der Waals surface area contributed by atoms with Gasteiger partial charge in [-0.15, -0.1) is 6.58 Å². The number of ketones is 2. The lowest BCUT2D eigenvalue weighted by Gasteiger charge is -2.40. The van der Waals surface area contributed by atoms with Gasteiger partial charge in [-0.3, -0.25) is 9.59 Å². The van der Waals surface area contributed by atoms with E-state index in [2.05, 4.69) is 6.58 Å². The second kappa shape index (κ2) is 6.70. The molecule has 2 rings (SSSR count). The van der Waals surface area contributed by atoms with E-state index in [1.54, 1.807) is 13.0 Å². The van der Waals surface area contributed by atoms with Crippen LogP contribution in [0.15, 0.2) is 24.3 Å². The van der Waals surface area contributed by atoms with E-state index in [0.717, 1.165) is 18.4 Å². The fourth-order valence-electron chi connectivity index (χ4n) is 3.53. The number of Topliss-reactive ketones (excluding diaryl/α,β-unsaturated/α-hetero) is 2. The molecular weight excluding hydrogens is 292 g/mol. The minimum absolute atomic E-state index is 0.0246. The molecule has 1 saturated heterocycles. The summed E-state index contributed by atoms with van der Waals surface area (Å²) in [5.41, 5.74) is -0.819. The van der Waals surface area contributed by atoms with Crippen LogP contribution in [0.2, 0.25) is 0 Å². The Balaban J connectivity index is 2.26. The molecule has 23 heavy (non-hydrogen) atoms. The van der Waals surface area contributed by atoms with Gasteiger partial charge in [0.1, 0.15) is 5.78 Å². The first-order valence-corrected chi connectivity index (χ1v) is 8.39. The Labute approximate surface area is 138 Å². The van der Waals surface area contributed by atoms with Crippen molar-refractivity contribution in [2.75, 3.05) is 13.2 Å². The fraction of sp³-hybridized carbons (Fsp3) is 0.684. The van der Waals surface area contributed by atoms with Gasteiger partial charge in [0, 0.05) is 11.8 Å². The minimum atomic E-state index is -0.969. The maximum absolute atomic E-state index is 13.1. The van der Waals surface area contributed by atoms with Gasteiger partial charge in [-0.25, -0.2) is 0 Å². The number of ether oxygens (including phenoxy) is 2. The highest BCUT2D eigenvalue weighted by molar-refractivity contribution is 6.14. The summed E-state index contributed by atoms with van der Waals surface area (Å²) in [6.45, 7) is 12.5. The van der Waals surface area contributed by atoms with Crippen molar-refractivity contribution in [2.24, 2.45) is 16.7 Å². The number of hydrogen-bond acceptors (Lipinski definition) is 4. The summed E-state index contributed by atoms with van der Waals surface area (Å²) < 4.78 is 11.2. The number of allylic oxidation sites excluding steroid dienone is 2. The molecule has 1 unspecified atom stereocenters. The van der Waals surface area contributed by atoms with Crippen LogP contribution in [0.25, 0.3) is 0 Å². The van der Waals surface area contributed by atoms with Crippen molar-refractivity contribution in [1.29, 1.82) is 0 Å². The van der Waals surface area contributed by atoms with Crippen LogP contribution in [0.3, 0.4) is 0 Å². The van der Waals surface area contributed by atoms with Gasteiger partial charge in [0.05, 0.1) is 18.6 Å². The summed E-state index contributed by atoms with van der Waals surface area (Å²) in [5, 5.41) is 0. The summed E-state index contributed by atoms with van der Waals surface area (Å²) in [4.78, 5) is 26.0. The summed E-state index contributed by atoms with van der Waals surface area (Å²) in [6, 6.07) is 0. The molecule has 128 valence electrons. The molecule has 3 atom stereocenters. The smallest absolute Gasteiger partial charge is 0.172 e. The van der Waals surface area contributed by atoms with Gasteiger partial charge in [-0.2, -0.15) is 0 Å². The molecule has 1 saturated carbocycles. The molecule has 0 N–H and O–H groups in total. The van der Waals surface area contributed by atoms with Gasteiger partial charge < -0.3 is 9.47 Å². The summed E-state index contributed by atoms with van der Waals surface area (Å²) in [6.07, 6.45) is 4.91. The average molecular weight is 320 g/mol. The maximum atomic E-state index is 13.1. The molecule has 1 heterocycles. The first-order valence-electron chi connectivity index (χ1n) is 8.39. The predicted octanol–water partition coefficient (Wildman–Crippen LogP) is 3.46. The second-order valence-corrected chi connectivity index (χ2v) is 7.17. The van der Waals surface area contributed by atoms with Crippen molar-refractivity contribution in [1.82, 2.24) is 0 Å². The molecule has 0 radical (unpaired) electrons. The van der Waals surface area contributed by atoms with Gasteiger partial charge >= 0.3 is 0 Å². The highest BCUT2D eigenvalue weighted by Gasteiger charge is 2.51. The lowest BCUT2D eigenvalue weighted by Crippen LogP contribution is -2.48. The molecule has 0 spiro atoms. The van der Waals surface area contributed by atoms with Crippen molar-refractivity contribution < 1.29 is 19.1 Å². The minimum Gasteiger partial charge on any atom is -0.349 e. The molecule has 0 bridgehead atoms. The second-order valence-electron chi connectivity index (χ2n) is 7.17. The van der Waals surface area contributed by atoms with Crippen LogP contribution in [0.1, 0.15) is 47.0 Å². The number of carbonyl (C=O) groups is 2. The number of rotatable bonds is 5. The average Bonchev–Trinajstić information content (AvgIpc) is 3.07. The molecule has 0 aromatic carbocycles. The van der Waals surface area contributed by atoms with E-state index in [4.69, 9.17) is 9.47 Å². The Morgan fingerprint density at radius 2 is 2.04 bits per heavy atom. The van der Waals surface area contributed by atoms with E-state index in [-0.39, 0.29) is 23.9 Å². The van der Waals surface area contributed by atoms with Gasteiger partial charge in [0.2, 0.25) is 0 Å². The van der Waals surface area contributed by atoms with Crippen molar-refractivity contribution >= 4 is 11.6 Å². The third-order valence-corrected chi connectivity index (χ3v) is 5.69. The first-order chi connectivity index (χ1) is 10.8. The third kappa shape index (κ3) is 3.07. The Morgan fingerprint density at radius 3 is 2.57 bits per heavy atom. The van der Waals surface area contributed by atoms with Crippen LogP contribution in [-0.2, 0) is 19.1 Å². The molecule has 4 heteroatoms. The maximum Gasteiger partial charge on any atom is 0.172 e. The molecule has 0 aromatic rings. The zero-order valence-electron chi connectivity index (χ0n) is 14.7.